The van der Waals surface area contributed by atoms with E-state index in [4.69, 9.17) is 4.42 Å². The van der Waals surface area contributed by atoms with Crippen LogP contribution in [0.1, 0.15) is 17.1 Å². The van der Waals surface area contributed by atoms with Gasteiger partial charge in [-0.1, -0.05) is 18.2 Å². The Morgan fingerprint density at radius 2 is 2.00 bits per heavy atom. The molecule has 1 N–H and O–H groups in total. The highest BCUT2D eigenvalue weighted by Gasteiger charge is 2.43. The van der Waals surface area contributed by atoms with Crippen molar-refractivity contribution in [3.63, 3.8) is 0 Å². The normalized spacial score (nSPS) is 17.5. The van der Waals surface area contributed by atoms with Gasteiger partial charge in [-0.25, -0.2) is 13.2 Å². The Hall–Kier alpha value is -2.28. The molecule has 0 bridgehead atoms. The summed E-state index contributed by atoms with van der Waals surface area (Å²) in [6.45, 7) is 3.20. The SMILES string of the molecule is Cc1cc(S(=O)(=O)N2c3ccccc3CC2C(=O)O)c(C)o1. The first-order chi connectivity index (χ1) is 10.3. The van der Waals surface area contributed by atoms with Crippen LogP contribution in [0, 0.1) is 13.8 Å². The molecule has 116 valence electrons. The van der Waals surface area contributed by atoms with Gasteiger partial charge in [-0.2, -0.15) is 0 Å². The summed E-state index contributed by atoms with van der Waals surface area (Å²) in [6.07, 6.45) is 0.153. The molecular formula is C15H15NO5S. The topological polar surface area (TPSA) is 87.8 Å². The minimum Gasteiger partial charge on any atom is -0.480 e. The van der Waals surface area contributed by atoms with E-state index in [-0.39, 0.29) is 17.1 Å². The quantitative estimate of drug-likeness (QED) is 0.935. The number of para-hydroxylation sites is 1. The average Bonchev–Trinajstić information content (AvgIpc) is 2.99. The Kier molecular flexibility index (Phi) is 3.25. The number of hydrogen-bond donors (Lipinski definition) is 1. The molecule has 1 aromatic carbocycles. The Bertz CT molecular complexity index is 853. The van der Waals surface area contributed by atoms with Gasteiger partial charge in [-0.05, 0) is 25.5 Å². The molecule has 3 rings (SSSR count). The molecule has 0 spiro atoms. The van der Waals surface area contributed by atoms with Crippen molar-refractivity contribution in [2.45, 2.75) is 31.2 Å². The molecule has 7 heteroatoms. The van der Waals surface area contributed by atoms with Crippen LogP contribution in [0.4, 0.5) is 5.69 Å². The Balaban J connectivity index is 2.19. The van der Waals surface area contributed by atoms with Gasteiger partial charge in [0, 0.05) is 12.5 Å². The highest BCUT2D eigenvalue weighted by molar-refractivity contribution is 7.93. The third kappa shape index (κ3) is 2.09. The molecular weight excluding hydrogens is 306 g/mol. The fourth-order valence-corrected chi connectivity index (χ4v) is 4.68. The third-order valence-electron chi connectivity index (χ3n) is 3.74. The number of aliphatic carboxylic acids is 1. The molecule has 22 heavy (non-hydrogen) atoms. The standard InChI is InChI=1S/C15H15NO5S/c1-9-7-14(10(2)21-9)22(19,20)16-12-6-4-3-5-11(12)8-13(16)15(17)18/h3-7,13H,8H2,1-2H3,(H,17,18). The number of fused-ring (bicyclic) bond motifs is 1. The van der Waals surface area contributed by atoms with Crippen LogP contribution in [0.3, 0.4) is 0 Å². The molecule has 0 aliphatic carbocycles. The number of hydrogen-bond acceptors (Lipinski definition) is 4. The van der Waals surface area contributed by atoms with Gasteiger partial charge in [0.1, 0.15) is 22.5 Å². The largest absolute Gasteiger partial charge is 0.480 e. The zero-order valence-corrected chi connectivity index (χ0v) is 12.9. The van der Waals surface area contributed by atoms with Crippen LogP contribution in [-0.4, -0.2) is 25.5 Å². The lowest BCUT2D eigenvalue weighted by atomic mass is 10.1. The van der Waals surface area contributed by atoms with E-state index in [1.54, 1.807) is 38.1 Å². The number of aryl methyl sites for hydroxylation is 2. The molecule has 0 amide bonds. The molecule has 1 aliphatic heterocycles. The second-order valence-electron chi connectivity index (χ2n) is 5.27. The number of benzene rings is 1. The first kappa shape index (κ1) is 14.6. The lowest BCUT2D eigenvalue weighted by Crippen LogP contribution is -2.42. The third-order valence-corrected chi connectivity index (χ3v) is 5.67. The lowest BCUT2D eigenvalue weighted by Gasteiger charge is -2.23. The molecule has 1 unspecified atom stereocenters. The molecule has 2 heterocycles. The predicted molar refractivity (Wildman–Crippen MR) is 79.4 cm³/mol. The summed E-state index contributed by atoms with van der Waals surface area (Å²) in [7, 11) is -4.00. The number of furan rings is 1. The van der Waals surface area contributed by atoms with E-state index in [9.17, 15) is 18.3 Å². The predicted octanol–water partition coefficient (Wildman–Crippen LogP) is 2.10. The maximum Gasteiger partial charge on any atom is 0.327 e. The van der Waals surface area contributed by atoms with E-state index in [1.807, 2.05) is 0 Å². The van der Waals surface area contributed by atoms with Gasteiger partial charge in [-0.15, -0.1) is 0 Å². The zero-order chi connectivity index (χ0) is 16.1. The Morgan fingerprint density at radius 3 is 2.59 bits per heavy atom. The van der Waals surface area contributed by atoms with E-state index < -0.39 is 22.0 Å². The van der Waals surface area contributed by atoms with Gasteiger partial charge < -0.3 is 9.52 Å². The van der Waals surface area contributed by atoms with Crippen LogP contribution in [0.25, 0.3) is 0 Å². The second-order valence-corrected chi connectivity index (χ2v) is 7.05. The van der Waals surface area contributed by atoms with Crippen LogP contribution in [0.2, 0.25) is 0 Å². The summed E-state index contributed by atoms with van der Waals surface area (Å²) in [4.78, 5) is 11.5. The van der Waals surface area contributed by atoms with Crippen molar-refractivity contribution < 1.29 is 22.7 Å². The number of rotatable bonds is 3. The van der Waals surface area contributed by atoms with Crippen LogP contribution >= 0.6 is 0 Å². The van der Waals surface area contributed by atoms with E-state index in [0.29, 0.717) is 17.0 Å². The zero-order valence-electron chi connectivity index (χ0n) is 12.1. The van der Waals surface area contributed by atoms with Crippen molar-refractivity contribution in [2.24, 2.45) is 0 Å². The molecule has 0 saturated heterocycles. The molecule has 1 atom stereocenters. The first-order valence-electron chi connectivity index (χ1n) is 6.74. The molecule has 0 fully saturated rings. The maximum absolute atomic E-state index is 12.9. The van der Waals surface area contributed by atoms with Gasteiger partial charge in [0.2, 0.25) is 0 Å². The van der Waals surface area contributed by atoms with Crippen molar-refractivity contribution >= 4 is 21.7 Å². The van der Waals surface area contributed by atoms with Gasteiger partial charge in [0.05, 0.1) is 5.69 Å². The van der Waals surface area contributed by atoms with Gasteiger partial charge in [0.25, 0.3) is 10.0 Å². The summed E-state index contributed by atoms with van der Waals surface area (Å²) in [5, 5.41) is 9.41. The molecule has 0 saturated carbocycles. The lowest BCUT2D eigenvalue weighted by molar-refractivity contribution is -0.138. The van der Waals surface area contributed by atoms with Gasteiger partial charge in [-0.3, -0.25) is 4.31 Å². The first-order valence-corrected chi connectivity index (χ1v) is 8.18. The van der Waals surface area contributed by atoms with E-state index in [0.717, 1.165) is 4.31 Å². The molecule has 2 aromatic rings. The summed E-state index contributed by atoms with van der Waals surface area (Å²) >= 11 is 0. The number of carbonyl (C=O) groups is 1. The van der Waals surface area contributed by atoms with E-state index >= 15 is 0 Å². The molecule has 1 aromatic heterocycles. The highest BCUT2D eigenvalue weighted by atomic mass is 32.2. The molecule has 6 nitrogen and oxygen atoms in total. The number of nitrogens with zero attached hydrogens (tertiary/aromatic N) is 1. The maximum atomic E-state index is 12.9. The Labute approximate surface area is 128 Å². The molecule has 0 radical (unpaired) electrons. The average molecular weight is 321 g/mol. The smallest absolute Gasteiger partial charge is 0.327 e. The molecule has 1 aliphatic rings. The van der Waals surface area contributed by atoms with Crippen molar-refractivity contribution in [1.29, 1.82) is 0 Å². The van der Waals surface area contributed by atoms with Crippen LogP contribution < -0.4 is 4.31 Å². The number of sulfonamides is 1. The van der Waals surface area contributed by atoms with E-state index in [1.165, 1.54) is 6.07 Å². The van der Waals surface area contributed by atoms with Crippen molar-refractivity contribution in [3.8, 4) is 0 Å². The summed E-state index contributed by atoms with van der Waals surface area (Å²) in [5.74, 6) is -0.445. The number of anilines is 1. The van der Waals surface area contributed by atoms with Gasteiger partial charge in [0.15, 0.2) is 0 Å². The summed E-state index contributed by atoms with van der Waals surface area (Å²) in [5.41, 5.74) is 1.12. The van der Waals surface area contributed by atoms with Crippen molar-refractivity contribution in [2.75, 3.05) is 4.31 Å². The van der Waals surface area contributed by atoms with Crippen molar-refractivity contribution in [3.05, 3.63) is 47.4 Å². The fraction of sp³-hybridized carbons (Fsp3) is 0.267. The van der Waals surface area contributed by atoms with Crippen LogP contribution in [-0.2, 0) is 21.2 Å². The fourth-order valence-electron chi connectivity index (χ4n) is 2.81. The minimum absolute atomic E-state index is 0.00736. The summed E-state index contributed by atoms with van der Waals surface area (Å²) < 4.78 is 32.2. The summed E-state index contributed by atoms with van der Waals surface area (Å²) in [6, 6.07) is 7.11. The number of carboxylic acid groups (broad SMARTS) is 1. The van der Waals surface area contributed by atoms with Crippen LogP contribution in [0.5, 0.6) is 0 Å². The monoisotopic (exact) mass is 321 g/mol. The van der Waals surface area contributed by atoms with Crippen molar-refractivity contribution in [1.82, 2.24) is 0 Å². The Morgan fingerprint density at radius 1 is 1.32 bits per heavy atom. The minimum atomic E-state index is -4.00. The van der Waals surface area contributed by atoms with Gasteiger partial charge >= 0.3 is 5.97 Å². The highest BCUT2D eigenvalue weighted by Crippen LogP contribution is 2.37. The second kappa shape index (κ2) is 4.88. The number of carboxylic acids is 1. The van der Waals surface area contributed by atoms with E-state index in [2.05, 4.69) is 0 Å². The van der Waals surface area contributed by atoms with Crippen LogP contribution in [0.15, 0.2) is 39.6 Å².